The minimum absolute atomic E-state index is 0. The average molecular weight is 830 g/mol. The standard InChI is InChI=1S/CH3.16V/h1H3;;;;;;;;;;;;;;;;/q-1;;;;;;;;;;;;;;;;. The summed E-state index contributed by atoms with van der Waals surface area (Å²) in [7, 11) is 0. The third-order valence-electron chi connectivity index (χ3n) is 0. The first-order chi connectivity index (χ1) is 0. The molecule has 0 nitrogen and oxygen atoms in total. The molecule has 0 aliphatic rings. The molecule has 88 valence electrons. The van der Waals surface area contributed by atoms with Gasteiger partial charge in [-0.25, -0.2) is 0 Å². The minimum Gasteiger partial charge on any atom is -0.358 e. The summed E-state index contributed by atoms with van der Waals surface area (Å²) in [6.45, 7) is 0. The molecule has 0 saturated carbocycles. The molecule has 0 aromatic carbocycles. The fourth-order valence-corrected chi connectivity index (χ4v) is 0. The summed E-state index contributed by atoms with van der Waals surface area (Å²) in [5.41, 5.74) is 0. The molecule has 16 radical (unpaired) electrons. The maximum absolute atomic E-state index is 0. The predicted molar refractivity (Wildman–Crippen MR) is 6.41 cm³/mol. The van der Waals surface area contributed by atoms with Gasteiger partial charge in [0.15, 0.2) is 0 Å². The van der Waals surface area contributed by atoms with Crippen LogP contribution in [0.3, 0.4) is 0 Å². The quantitative estimate of drug-likeness (QED) is 0.311. The van der Waals surface area contributed by atoms with Crippen LogP contribution in [0.4, 0.5) is 0 Å². The van der Waals surface area contributed by atoms with Crippen molar-refractivity contribution in [2.24, 2.45) is 0 Å². The van der Waals surface area contributed by atoms with Gasteiger partial charge in [-0.05, 0) is 0 Å². The summed E-state index contributed by atoms with van der Waals surface area (Å²) in [6, 6.07) is 0. The topological polar surface area (TPSA) is 0 Å². The zero-order valence-electron chi connectivity index (χ0n) is 8.16. The van der Waals surface area contributed by atoms with E-state index in [2.05, 4.69) is 0 Å². The van der Waals surface area contributed by atoms with Crippen LogP contribution in [0.25, 0.3) is 0 Å². The van der Waals surface area contributed by atoms with Gasteiger partial charge in [0.05, 0.1) is 0 Å². The Morgan fingerprint density at radius 2 is 0.118 bits per heavy atom. The molecule has 0 aliphatic carbocycles. The van der Waals surface area contributed by atoms with Gasteiger partial charge in [-0.2, -0.15) is 0 Å². The van der Waals surface area contributed by atoms with E-state index in [0.29, 0.717) is 0 Å². The Kier molecular flexibility index (Phi) is 1960. The minimum atomic E-state index is 0. The molecule has 0 atom stereocenters. The van der Waals surface area contributed by atoms with Crippen molar-refractivity contribution >= 4 is 0 Å². The summed E-state index contributed by atoms with van der Waals surface area (Å²) in [4.78, 5) is 0. The van der Waals surface area contributed by atoms with E-state index in [1.54, 1.807) is 0 Å². The van der Waals surface area contributed by atoms with Gasteiger partial charge < -0.3 is 7.43 Å². The first kappa shape index (κ1) is 194. The van der Waals surface area contributed by atoms with E-state index < -0.39 is 0 Å². The molecule has 0 fully saturated rings. The number of hydrogen-bond donors (Lipinski definition) is 0. The van der Waals surface area contributed by atoms with Crippen LogP contribution in [0, 0.1) is 7.43 Å². The predicted octanol–water partition coefficient (Wildman–Crippen LogP) is 0.410. The first-order valence-corrected chi connectivity index (χ1v) is 0. The van der Waals surface area contributed by atoms with Crippen LogP contribution in [0.2, 0.25) is 0 Å². The second-order valence-corrected chi connectivity index (χ2v) is 0. The van der Waals surface area contributed by atoms with E-state index in [1.165, 1.54) is 0 Å². The van der Waals surface area contributed by atoms with E-state index in [-0.39, 0.29) is 304 Å². The van der Waals surface area contributed by atoms with Crippen molar-refractivity contribution in [3.8, 4) is 0 Å². The molecule has 0 bridgehead atoms. The van der Waals surface area contributed by atoms with Crippen LogP contribution in [-0.4, -0.2) is 0 Å². The Bertz CT molecular complexity index is 5.49. The van der Waals surface area contributed by atoms with Gasteiger partial charge in [0, 0.05) is 297 Å². The SMILES string of the molecule is [CH3-].[V].[V].[V].[V].[V].[V].[V].[V].[V].[V].[V].[V].[V].[V].[V].[V]. The average Bonchev–Trinajstić information content (AvgIpc) is 0. The maximum atomic E-state index is 0. The van der Waals surface area contributed by atoms with Crippen molar-refractivity contribution in [3.63, 3.8) is 0 Å². The van der Waals surface area contributed by atoms with E-state index in [4.69, 9.17) is 0 Å². The summed E-state index contributed by atoms with van der Waals surface area (Å²) in [5, 5.41) is 0. The third-order valence-corrected chi connectivity index (χ3v) is 0. The monoisotopic (exact) mass is 830 g/mol. The molecule has 0 amide bonds. The van der Waals surface area contributed by atoms with E-state index >= 15 is 0 Å². The van der Waals surface area contributed by atoms with Crippen LogP contribution in [0.5, 0.6) is 0 Å². The second-order valence-electron chi connectivity index (χ2n) is 0. The molecule has 0 unspecified atom stereocenters. The molecule has 0 heterocycles. The Morgan fingerprint density at radius 3 is 0.118 bits per heavy atom. The molecular weight excluding hydrogens is 827 g/mol. The fourth-order valence-electron chi connectivity index (χ4n) is 0. The summed E-state index contributed by atoms with van der Waals surface area (Å²) < 4.78 is 0. The summed E-state index contributed by atoms with van der Waals surface area (Å²) >= 11 is 0. The molecule has 0 N–H and O–H groups in total. The molecule has 0 saturated heterocycles. The van der Waals surface area contributed by atoms with Gasteiger partial charge in [0.25, 0.3) is 0 Å². The van der Waals surface area contributed by atoms with E-state index in [1.807, 2.05) is 0 Å². The van der Waals surface area contributed by atoms with Crippen molar-refractivity contribution in [1.82, 2.24) is 0 Å². The van der Waals surface area contributed by atoms with Gasteiger partial charge in [0.2, 0.25) is 0 Å². The Balaban J connectivity index is 0. The van der Waals surface area contributed by atoms with Gasteiger partial charge in [-0.1, -0.05) is 0 Å². The van der Waals surface area contributed by atoms with E-state index in [0.717, 1.165) is 0 Å². The first-order valence-electron chi connectivity index (χ1n) is 0. The molecule has 0 spiro atoms. The summed E-state index contributed by atoms with van der Waals surface area (Å²) in [5.74, 6) is 0. The van der Waals surface area contributed by atoms with Crippen molar-refractivity contribution in [2.75, 3.05) is 0 Å². The third kappa shape index (κ3) is 158. The van der Waals surface area contributed by atoms with Crippen molar-refractivity contribution in [3.05, 3.63) is 7.43 Å². The molecule has 0 aromatic rings. The molecule has 0 rings (SSSR count). The molecule has 0 aromatic heterocycles. The van der Waals surface area contributed by atoms with Crippen LogP contribution < -0.4 is 0 Å². The molecule has 17 heavy (non-hydrogen) atoms. The number of rotatable bonds is 0. The molecule has 0 aliphatic heterocycles. The second kappa shape index (κ2) is 172. The van der Waals surface area contributed by atoms with Crippen LogP contribution in [0.1, 0.15) is 0 Å². The summed E-state index contributed by atoms with van der Waals surface area (Å²) in [6.07, 6.45) is 0. The van der Waals surface area contributed by atoms with Crippen LogP contribution in [0.15, 0.2) is 0 Å². The van der Waals surface area contributed by atoms with Crippen molar-refractivity contribution < 1.29 is 297 Å². The maximum Gasteiger partial charge on any atom is 0 e. The van der Waals surface area contributed by atoms with Gasteiger partial charge in [0.1, 0.15) is 0 Å². The molecule has 16 heteroatoms. The van der Waals surface area contributed by atoms with Gasteiger partial charge in [-0.3, -0.25) is 0 Å². The largest absolute Gasteiger partial charge is 0.358 e. The zero-order chi connectivity index (χ0) is 0. The van der Waals surface area contributed by atoms with Crippen molar-refractivity contribution in [2.45, 2.75) is 0 Å². The van der Waals surface area contributed by atoms with Crippen LogP contribution >= 0.6 is 0 Å². The molecular formula is CH3V16-. The smallest absolute Gasteiger partial charge is 0 e. The Hall–Kier alpha value is 9.35. The van der Waals surface area contributed by atoms with E-state index in [9.17, 15) is 0 Å². The number of hydrogen-bond acceptors (Lipinski definition) is 0. The van der Waals surface area contributed by atoms with Crippen LogP contribution in [-0.2, 0) is 297 Å². The zero-order valence-corrected chi connectivity index (χ0v) is 30.5. The Morgan fingerprint density at radius 1 is 0.118 bits per heavy atom. The normalized spacial score (nSPS) is 0. The van der Waals surface area contributed by atoms with Gasteiger partial charge >= 0.3 is 0 Å². The van der Waals surface area contributed by atoms with Crippen molar-refractivity contribution in [1.29, 1.82) is 0 Å². The Labute approximate surface area is 297 Å². The fraction of sp³-hybridized carbons (Fsp3) is 0. The van der Waals surface area contributed by atoms with Gasteiger partial charge in [-0.15, -0.1) is 0 Å².